The smallest absolute Gasteiger partial charge is 0.410 e. The van der Waals surface area contributed by atoms with Crippen molar-refractivity contribution < 1.29 is 57.8 Å². The van der Waals surface area contributed by atoms with Crippen molar-refractivity contribution in [3.05, 3.63) is 67.8 Å². The van der Waals surface area contributed by atoms with E-state index in [0.717, 1.165) is 12.1 Å². The van der Waals surface area contributed by atoms with Crippen LogP contribution in [0.5, 0.6) is 11.5 Å². The van der Waals surface area contributed by atoms with E-state index in [9.17, 15) is 44.5 Å². The van der Waals surface area contributed by atoms with Gasteiger partial charge < -0.3 is 38.6 Å². The van der Waals surface area contributed by atoms with Gasteiger partial charge in [0.2, 0.25) is 0 Å². The first-order chi connectivity index (χ1) is 25.2. The van der Waals surface area contributed by atoms with Crippen LogP contribution in [-0.4, -0.2) is 105 Å². The third-order valence-electron chi connectivity index (χ3n) is 7.85. The topological polar surface area (TPSA) is 227 Å². The second-order valence-electron chi connectivity index (χ2n) is 14.5. The van der Waals surface area contributed by atoms with Crippen LogP contribution in [0.25, 0.3) is 0 Å². The van der Waals surface area contributed by atoms with Crippen LogP contribution in [0.2, 0.25) is 0 Å². The van der Waals surface area contributed by atoms with Crippen LogP contribution in [0.15, 0.2) is 36.4 Å². The summed E-state index contributed by atoms with van der Waals surface area (Å²) in [5.74, 6) is -1.65. The summed E-state index contributed by atoms with van der Waals surface area (Å²) in [5, 5.41) is 31.0. The highest BCUT2D eigenvalue weighted by Gasteiger charge is 2.31. The van der Waals surface area contributed by atoms with Gasteiger partial charge in [0, 0.05) is 76.1 Å². The lowest BCUT2D eigenvalue weighted by Gasteiger charge is -2.33. The molecule has 1 N–H and O–H groups in total. The van der Waals surface area contributed by atoms with Crippen molar-refractivity contribution in [2.24, 2.45) is 0 Å². The summed E-state index contributed by atoms with van der Waals surface area (Å²) in [5.41, 5.74) is -1.89. The minimum atomic E-state index is -1.30. The summed E-state index contributed by atoms with van der Waals surface area (Å²) in [6, 6.07) is 7.33. The van der Waals surface area contributed by atoms with Crippen molar-refractivity contribution in [2.75, 3.05) is 32.8 Å². The molecule has 2 aliphatic heterocycles. The molecule has 2 fully saturated rings. The number of carboxylic acid groups (broad SMARTS) is 1. The summed E-state index contributed by atoms with van der Waals surface area (Å²) in [7, 11) is 0. The summed E-state index contributed by atoms with van der Waals surface area (Å²) in [6.07, 6.45) is 0.856. The Kier molecular flexibility index (Phi) is 14.5. The number of nitro groups is 2. The number of nitrogens with zero attached hydrogens (tertiary/aromatic N) is 4. The molecule has 0 aromatic heterocycles. The molecule has 0 aliphatic carbocycles. The second kappa shape index (κ2) is 18.4. The van der Waals surface area contributed by atoms with Gasteiger partial charge in [0.25, 0.3) is 11.4 Å². The molecule has 0 saturated carbocycles. The number of benzene rings is 2. The Hall–Kier alpha value is -5.68. The zero-order valence-corrected chi connectivity index (χ0v) is 31.5. The molecule has 296 valence electrons. The van der Waals surface area contributed by atoms with Gasteiger partial charge in [-0.15, -0.1) is 0 Å². The maximum atomic E-state index is 12.2. The number of hydrogen-bond acceptors (Lipinski definition) is 13. The minimum Gasteiger partial charge on any atom is -0.489 e. The van der Waals surface area contributed by atoms with Gasteiger partial charge in [0.1, 0.15) is 46.0 Å². The number of esters is 1. The molecule has 0 spiro atoms. The van der Waals surface area contributed by atoms with Gasteiger partial charge in [-0.2, -0.15) is 0 Å². The molecule has 2 saturated heterocycles. The highest BCUT2D eigenvalue weighted by molar-refractivity contribution is 5.93. The van der Waals surface area contributed by atoms with E-state index in [-0.39, 0.29) is 58.9 Å². The lowest BCUT2D eigenvalue weighted by Crippen LogP contribution is -2.44. The largest absolute Gasteiger partial charge is 0.489 e. The Morgan fingerprint density at radius 2 is 1.07 bits per heavy atom. The summed E-state index contributed by atoms with van der Waals surface area (Å²) in [4.78, 5) is 71.4. The predicted octanol–water partition coefficient (Wildman–Crippen LogP) is 6.62. The maximum Gasteiger partial charge on any atom is 0.410 e. The van der Waals surface area contributed by atoms with Crippen molar-refractivity contribution in [1.29, 1.82) is 0 Å². The van der Waals surface area contributed by atoms with Gasteiger partial charge >= 0.3 is 24.1 Å². The standard InChI is InChI=1S/C19H26N2O7.C17H22N2O7/c1-5-26-17(22)15-12-13(21(24)25)6-7-16(15)27-14-8-10-20(11-9-14)18(23)28-19(2,3)4;1-17(2,3)26-16(22)18-8-6-12(7-9-18)25-14-5-4-11(19(23)24)10-13(14)15(20)21/h6-7,12,14H,5,8-11H2,1-4H3;4-5,10,12H,6-9H2,1-3H3,(H,20,21). The summed E-state index contributed by atoms with van der Waals surface area (Å²) in [6.45, 7) is 14.4. The summed E-state index contributed by atoms with van der Waals surface area (Å²) >= 11 is 0. The minimum absolute atomic E-state index is 0.0191. The van der Waals surface area contributed by atoms with Crippen LogP contribution in [0.1, 0.15) is 94.9 Å². The quantitative estimate of drug-likeness (QED) is 0.123. The number of non-ortho nitro benzene ring substituents is 2. The molecule has 18 heteroatoms. The number of hydrogen-bond donors (Lipinski definition) is 1. The molecule has 0 radical (unpaired) electrons. The first kappa shape index (κ1) is 42.7. The van der Waals surface area contributed by atoms with Crippen molar-refractivity contribution in [2.45, 2.75) is 97.6 Å². The normalized spacial score (nSPS) is 15.2. The number of likely N-dealkylation sites (tertiary alicyclic amines) is 2. The third kappa shape index (κ3) is 13.1. The van der Waals surface area contributed by atoms with Gasteiger partial charge in [-0.1, -0.05) is 0 Å². The fourth-order valence-corrected chi connectivity index (χ4v) is 5.33. The van der Waals surface area contributed by atoms with Crippen molar-refractivity contribution in [3.8, 4) is 11.5 Å². The van der Waals surface area contributed by atoms with Gasteiger partial charge in [-0.05, 0) is 60.6 Å². The molecule has 0 unspecified atom stereocenters. The molecular weight excluding hydrogens is 712 g/mol. The van der Waals surface area contributed by atoms with Gasteiger partial charge in [-0.25, -0.2) is 19.2 Å². The lowest BCUT2D eigenvalue weighted by atomic mass is 10.1. The average molecular weight is 761 g/mol. The zero-order chi connectivity index (χ0) is 40.4. The maximum absolute atomic E-state index is 12.2. The molecule has 2 heterocycles. The molecule has 2 aromatic rings. The van der Waals surface area contributed by atoms with Gasteiger partial charge in [0.05, 0.1) is 16.5 Å². The van der Waals surface area contributed by atoms with Crippen LogP contribution < -0.4 is 9.47 Å². The lowest BCUT2D eigenvalue weighted by molar-refractivity contribution is -0.385. The number of rotatable bonds is 9. The average Bonchev–Trinajstić information content (AvgIpc) is 3.08. The third-order valence-corrected chi connectivity index (χ3v) is 7.85. The molecule has 0 atom stereocenters. The van der Waals surface area contributed by atoms with Crippen molar-refractivity contribution in [3.63, 3.8) is 0 Å². The number of ether oxygens (including phenoxy) is 5. The zero-order valence-electron chi connectivity index (χ0n) is 31.5. The van der Waals surface area contributed by atoms with Crippen molar-refractivity contribution >= 4 is 35.5 Å². The van der Waals surface area contributed by atoms with E-state index in [1.807, 2.05) is 20.8 Å². The Labute approximate surface area is 312 Å². The second-order valence-corrected chi connectivity index (χ2v) is 14.5. The number of amides is 2. The van der Waals surface area contributed by atoms with Crippen molar-refractivity contribution in [1.82, 2.24) is 9.80 Å². The summed E-state index contributed by atoms with van der Waals surface area (Å²) < 4.78 is 27.3. The Morgan fingerprint density at radius 1 is 0.704 bits per heavy atom. The van der Waals surface area contributed by atoms with E-state index in [1.54, 1.807) is 37.5 Å². The van der Waals surface area contributed by atoms with Gasteiger partial charge in [0.15, 0.2) is 0 Å². The number of aromatic carboxylic acids is 1. The molecular formula is C36H48N4O14. The molecule has 2 aliphatic rings. The fourth-order valence-electron chi connectivity index (χ4n) is 5.33. The number of carbonyl (C=O) groups is 4. The van der Waals surface area contributed by atoms with E-state index in [2.05, 4.69) is 0 Å². The van der Waals surface area contributed by atoms with Gasteiger partial charge in [-0.3, -0.25) is 20.2 Å². The first-order valence-electron chi connectivity index (χ1n) is 17.4. The number of carboxylic acids is 1. The van der Waals surface area contributed by atoms with Crippen LogP contribution in [-0.2, 0) is 14.2 Å². The molecule has 0 bridgehead atoms. The number of nitro benzene ring substituents is 2. The molecule has 4 rings (SSSR count). The van der Waals surface area contributed by atoms with Crippen LogP contribution in [0.4, 0.5) is 21.0 Å². The molecule has 18 nitrogen and oxygen atoms in total. The molecule has 54 heavy (non-hydrogen) atoms. The molecule has 2 aromatic carbocycles. The van der Waals surface area contributed by atoms with Crippen LogP contribution in [0, 0.1) is 20.2 Å². The van der Waals surface area contributed by atoms with E-state index >= 15 is 0 Å². The monoisotopic (exact) mass is 760 g/mol. The van der Waals surface area contributed by atoms with E-state index in [1.165, 1.54) is 24.3 Å². The predicted molar refractivity (Wildman–Crippen MR) is 192 cm³/mol. The highest BCUT2D eigenvalue weighted by atomic mass is 16.6. The van der Waals surface area contributed by atoms with Crippen LogP contribution in [0.3, 0.4) is 0 Å². The SMILES string of the molecule is CC(C)(C)OC(=O)N1CCC(Oc2ccc([N+](=O)[O-])cc2C(=O)O)CC1.CCOC(=O)c1cc([N+](=O)[O-])ccc1OC1CCN(C(=O)OC(C)(C)C)CC1. The van der Waals surface area contributed by atoms with E-state index in [0.29, 0.717) is 51.9 Å². The van der Waals surface area contributed by atoms with E-state index < -0.39 is 39.1 Å². The number of piperidine rings is 2. The fraction of sp³-hybridized carbons (Fsp3) is 0.556. The van der Waals surface area contributed by atoms with E-state index in [4.69, 9.17) is 23.7 Å². The number of carbonyl (C=O) groups excluding carboxylic acids is 3. The first-order valence-corrected chi connectivity index (χ1v) is 17.4. The Bertz CT molecular complexity index is 1680. The highest BCUT2D eigenvalue weighted by Crippen LogP contribution is 2.30. The van der Waals surface area contributed by atoms with Crippen LogP contribution >= 0.6 is 0 Å². The Balaban J connectivity index is 0.000000291. The molecule has 2 amide bonds. The Morgan fingerprint density at radius 3 is 1.41 bits per heavy atom.